The third-order valence-corrected chi connectivity index (χ3v) is 11.4. The Bertz CT molecular complexity index is 1110. The van der Waals surface area contributed by atoms with Crippen molar-refractivity contribution < 1.29 is 9.53 Å². The molecule has 7 atom stereocenters. The van der Waals surface area contributed by atoms with Crippen LogP contribution in [0.2, 0.25) is 0 Å². The number of esters is 1. The number of carbonyl (C=O) groups excluding carboxylic acids is 1. The maximum atomic E-state index is 11.5. The van der Waals surface area contributed by atoms with Crippen LogP contribution in [0, 0.1) is 28.6 Å². The van der Waals surface area contributed by atoms with E-state index in [2.05, 4.69) is 56.5 Å². The van der Waals surface area contributed by atoms with Gasteiger partial charge in [0, 0.05) is 25.5 Å². The lowest BCUT2D eigenvalue weighted by atomic mass is 9.47. The molecule has 0 spiro atoms. The minimum Gasteiger partial charge on any atom is -0.462 e. The van der Waals surface area contributed by atoms with Crippen molar-refractivity contribution in [2.24, 2.45) is 28.6 Å². The fourth-order valence-corrected chi connectivity index (χ4v) is 9.77. The molecule has 0 amide bonds. The summed E-state index contributed by atoms with van der Waals surface area (Å²) in [7, 11) is 0. The molecule has 0 radical (unpaired) electrons. The zero-order valence-corrected chi connectivity index (χ0v) is 21.6. The molecule has 3 nitrogen and oxygen atoms in total. The van der Waals surface area contributed by atoms with Crippen LogP contribution in [0.1, 0.15) is 83.1 Å². The first-order chi connectivity index (χ1) is 16.4. The van der Waals surface area contributed by atoms with Gasteiger partial charge in [-0.2, -0.15) is 0 Å². The van der Waals surface area contributed by atoms with Gasteiger partial charge in [-0.3, -0.25) is 4.79 Å². The van der Waals surface area contributed by atoms with Crippen LogP contribution in [0.3, 0.4) is 0 Å². The van der Waals surface area contributed by atoms with Gasteiger partial charge >= 0.3 is 5.97 Å². The van der Waals surface area contributed by atoms with E-state index in [9.17, 15) is 4.79 Å². The number of benzene rings is 1. The van der Waals surface area contributed by atoms with Crippen LogP contribution in [0.4, 0.5) is 0 Å². The van der Waals surface area contributed by atoms with E-state index in [1.54, 1.807) is 12.5 Å². The molecular formula is C30H37NO2S. The number of thiazole rings is 1. The average Bonchev–Trinajstić information content (AvgIpc) is 3.44. The molecule has 0 saturated heterocycles. The predicted molar refractivity (Wildman–Crippen MR) is 138 cm³/mol. The van der Waals surface area contributed by atoms with E-state index in [0.29, 0.717) is 16.7 Å². The van der Waals surface area contributed by atoms with Crippen molar-refractivity contribution in [2.75, 3.05) is 0 Å². The molecule has 6 rings (SSSR count). The van der Waals surface area contributed by atoms with E-state index in [1.807, 2.05) is 11.3 Å². The van der Waals surface area contributed by atoms with Crippen LogP contribution < -0.4 is 0 Å². The van der Waals surface area contributed by atoms with Crippen molar-refractivity contribution in [2.45, 2.75) is 84.2 Å². The summed E-state index contributed by atoms with van der Waals surface area (Å²) in [6.07, 6.45) is 14.4. The van der Waals surface area contributed by atoms with Gasteiger partial charge in [0.25, 0.3) is 0 Å². The number of rotatable bonds is 3. The quantitative estimate of drug-likeness (QED) is 0.336. The van der Waals surface area contributed by atoms with Crippen LogP contribution in [-0.4, -0.2) is 17.1 Å². The Hall–Kier alpha value is -1.94. The normalized spacial score (nSPS) is 38.9. The fraction of sp³-hybridized carbons (Fsp3) is 0.600. The van der Waals surface area contributed by atoms with Crippen LogP contribution in [0.15, 0.2) is 48.2 Å². The summed E-state index contributed by atoms with van der Waals surface area (Å²) in [5, 5.41) is 1.36. The highest BCUT2D eigenvalue weighted by atomic mass is 32.1. The number of hydrogen-bond acceptors (Lipinski definition) is 4. The molecule has 1 aromatic carbocycles. The summed E-state index contributed by atoms with van der Waals surface area (Å²) in [5.74, 6) is 2.82. The lowest BCUT2D eigenvalue weighted by Crippen LogP contribution is -2.50. The first-order valence-corrected chi connectivity index (χ1v) is 14.1. The number of fused-ring (bicyclic) bond motifs is 5. The smallest absolute Gasteiger partial charge is 0.302 e. The molecule has 180 valence electrons. The molecule has 2 aromatic rings. The molecule has 3 saturated carbocycles. The van der Waals surface area contributed by atoms with Crippen molar-refractivity contribution in [3.63, 3.8) is 0 Å². The van der Waals surface area contributed by atoms with E-state index in [4.69, 9.17) is 9.72 Å². The topological polar surface area (TPSA) is 39.2 Å². The molecule has 0 bridgehead atoms. The highest BCUT2D eigenvalue weighted by molar-refractivity contribution is 7.15. The van der Waals surface area contributed by atoms with Gasteiger partial charge in [-0.05, 0) is 79.1 Å². The van der Waals surface area contributed by atoms with Gasteiger partial charge in [-0.1, -0.05) is 55.8 Å². The van der Waals surface area contributed by atoms with Gasteiger partial charge in [0.1, 0.15) is 6.10 Å². The van der Waals surface area contributed by atoms with Crippen LogP contribution in [0.25, 0.3) is 10.4 Å². The van der Waals surface area contributed by atoms with E-state index >= 15 is 0 Å². The summed E-state index contributed by atoms with van der Waals surface area (Å²) in [5.41, 5.74) is 3.53. The molecule has 4 aliphatic carbocycles. The van der Waals surface area contributed by atoms with Crippen molar-refractivity contribution in [1.82, 2.24) is 4.98 Å². The highest BCUT2D eigenvalue weighted by Crippen LogP contribution is 2.68. The molecule has 0 N–H and O–H groups in total. The first-order valence-electron chi connectivity index (χ1n) is 13.3. The van der Waals surface area contributed by atoms with Gasteiger partial charge in [-0.15, -0.1) is 11.3 Å². The molecular weight excluding hydrogens is 438 g/mol. The zero-order chi connectivity index (χ0) is 23.5. The van der Waals surface area contributed by atoms with Crippen LogP contribution >= 0.6 is 11.3 Å². The Morgan fingerprint density at radius 3 is 2.68 bits per heavy atom. The molecule has 34 heavy (non-hydrogen) atoms. The molecule has 4 aliphatic rings. The maximum absolute atomic E-state index is 11.5. The van der Waals surface area contributed by atoms with Gasteiger partial charge in [0.15, 0.2) is 0 Å². The SMILES string of the molecule is CC(=O)O[C@H]1CC[C@@]2(C)C(=CC[C@H]3[C@@H]4CC[C@H](c5ncc(-c6ccccc6)s5)[C@@]4(C)CC[C@@H]32)C1. The van der Waals surface area contributed by atoms with Crippen molar-refractivity contribution in [3.8, 4) is 10.4 Å². The van der Waals surface area contributed by atoms with E-state index in [-0.39, 0.29) is 12.1 Å². The highest BCUT2D eigenvalue weighted by Gasteiger charge is 2.59. The second-order valence-electron chi connectivity index (χ2n) is 11.8. The standard InChI is InChI=1S/C30H37NO2S/c1-19(32)33-22-13-15-29(2)21(17-22)9-10-23-24-11-12-26(30(24,3)16-14-25(23)29)28-31-18-27(34-28)20-7-5-4-6-8-20/h4-9,18,22-26H,10-17H2,1-3H3/t22-,23-,24-,25-,26+,29-,30-/m0/s1. The number of hydrogen-bond donors (Lipinski definition) is 0. The van der Waals surface area contributed by atoms with Gasteiger partial charge in [-0.25, -0.2) is 4.98 Å². The van der Waals surface area contributed by atoms with E-state index in [1.165, 1.54) is 47.6 Å². The number of nitrogens with zero attached hydrogens (tertiary/aromatic N) is 1. The van der Waals surface area contributed by atoms with Crippen molar-refractivity contribution in [3.05, 3.63) is 53.2 Å². The zero-order valence-electron chi connectivity index (χ0n) is 20.8. The molecule has 0 unspecified atom stereocenters. The fourth-order valence-electron chi connectivity index (χ4n) is 8.55. The largest absolute Gasteiger partial charge is 0.462 e. The van der Waals surface area contributed by atoms with E-state index < -0.39 is 0 Å². The van der Waals surface area contributed by atoms with Crippen LogP contribution in [0.5, 0.6) is 0 Å². The molecule has 1 heterocycles. The third-order valence-electron chi connectivity index (χ3n) is 10.3. The van der Waals surface area contributed by atoms with E-state index in [0.717, 1.165) is 37.0 Å². The summed E-state index contributed by atoms with van der Waals surface area (Å²) in [4.78, 5) is 17.8. The Balaban J connectivity index is 1.24. The van der Waals surface area contributed by atoms with Crippen molar-refractivity contribution in [1.29, 1.82) is 0 Å². The monoisotopic (exact) mass is 475 g/mol. The summed E-state index contributed by atoms with van der Waals surface area (Å²) in [6, 6.07) is 10.7. The second kappa shape index (κ2) is 8.33. The van der Waals surface area contributed by atoms with Crippen molar-refractivity contribution >= 4 is 17.3 Å². The lowest BCUT2D eigenvalue weighted by Gasteiger charge is -2.58. The number of ether oxygens (including phenoxy) is 1. The average molecular weight is 476 g/mol. The summed E-state index contributed by atoms with van der Waals surface area (Å²) >= 11 is 1.92. The first kappa shape index (κ1) is 22.5. The number of allylic oxidation sites excluding steroid dienone is 1. The molecule has 1 aromatic heterocycles. The second-order valence-corrected chi connectivity index (χ2v) is 12.9. The summed E-state index contributed by atoms with van der Waals surface area (Å²) in [6.45, 7) is 6.67. The number of aromatic nitrogens is 1. The molecule has 3 fully saturated rings. The Morgan fingerprint density at radius 1 is 1.06 bits per heavy atom. The minimum absolute atomic E-state index is 0.0850. The molecule has 0 aliphatic heterocycles. The third kappa shape index (κ3) is 3.51. The maximum Gasteiger partial charge on any atom is 0.302 e. The van der Waals surface area contributed by atoms with Gasteiger partial charge in [0.05, 0.1) is 9.88 Å². The van der Waals surface area contributed by atoms with Gasteiger partial charge in [0.2, 0.25) is 0 Å². The Labute approximate surface area is 208 Å². The predicted octanol–water partition coefficient (Wildman–Crippen LogP) is 7.79. The van der Waals surface area contributed by atoms with Gasteiger partial charge < -0.3 is 4.74 Å². The minimum atomic E-state index is -0.133. The van der Waals surface area contributed by atoms with Crippen LogP contribution in [-0.2, 0) is 9.53 Å². The lowest BCUT2D eigenvalue weighted by molar-refractivity contribution is -0.148. The Morgan fingerprint density at radius 2 is 1.88 bits per heavy atom. The summed E-state index contributed by atoms with van der Waals surface area (Å²) < 4.78 is 5.62. The molecule has 4 heteroatoms. The number of carbonyl (C=O) groups is 1. The Kier molecular flexibility index (Phi) is 5.51.